The summed E-state index contributed by atoms with van der Waals surface area (Å²) in [6.07, 6.45) is 9.83. The molecule has 1 aliphatic rings. The fourth-order valence-electron chi connectivity index (χ4n) is 2.74. The molecule has 0 spiro atoms. The van der Waals surface area contributed by atoms with Crippen molar-refractivity contribution in [1.29, 1.82) is 0 Å². The Hall–Kier alpha value is -1.39. The van der Waals surface area contributed by atoms with Crippen molar-refractivity contribution in [2.75, 3.05) is 13.1 Å². The molecule has 1 saturated heterocycles. The van der Waals surface area contributed by atoms with E-state index in [1.54, 1.807) is 6.20 Å². The number of hydrogen-bond acceptors (Lipinski definition) is 3. The van der Waals surface area contributed by atoms with Gasteiger partial charge in [-0.2, -0.15) is 5.10 Å². The summed E-state index contributed by atoms with van der Waals surface area (Å²) in [5.41, 5.74) is 1.32. The number of rotatable bonds is 4. The molecule has 3 rings (SSSR count). The van der Waals surface area contributed by atoms with Crippen LogP contribution in [0.5, 0.6) is 0 Å². The molecule has 0 bridgehead atoms. The van der Waals surface area contributed by atoms with Gasteiger partial charge in [0.2, 0.25) is 0 Å². The average molecular weight is 277 g/mol. The van der Waals surface area contributed by atoms with Crippen molar-refractivity contribution in [3.8, 4) is 0 Å². The minimum Gasteiger partial charge on any atom is -0.294 e. The van der Waals surface area contributed by atoms with Gasteiger partial charge in [0, 0.05) is 31.2 Å². The van der Waals surface area contributed by atoms with Gasteiger partial charge in [0.15, 0.2) is 0 Å². The average Bonchev–Trinajstić information content (AvgIpc) is 3.06. The highest BCUT2D eigenvalue weighted by atomic mass is 35.5. The molecule has 0 saturated carbocycles. The first kappa shape index (κ1) is 12.6. The van der Waals surface area contributed by atoms with Crippen molar-refractivity contribution < 1.29 is 0 Å². The Kier molecular flexibility index (Phi) is 3.80. The minimum absolute atomic E-state index is 0.500. The lowest BCUT2D eigenvalue weighted by molar-refractivity contribution is 0.242. The predicted molar refractivity (Wildman–Crippen MR) is 75.0 cm³/mol. The molecular weight excluding hydrogens is 260 g/mol. The highest BCUT2D eigenvalue weighted by Gasteiger charge is 2.25. The van der Waals surface area contributed by atoms with Crippen molar-refractivity contribution in [2.45, 2.75) is 25.4 Å². The van der Waals surface area contributed by atoms with Crippen molar-refractivity contribution in [3.63, 3.8) is 0 Å². The summed E-state index contributed by atoms with van der Waals surface area (Å²) >= 11 is 5.88. The van der Waals surface area contributed by atoms with Crippen LogP contribution >= 0.6 is 11.6 Å². The predicted octanol–water partition coefficient (Wildman–Crippen LogP) is 2.77. The zero-order valence-corrected chi connectivity index (χ0v) is 11.5. The van der Waals surface area contributed by atoms with Gasteiger partial charge >= 0.3 is 0 Å². The summed E-state index contributed by atoms with van der Waals surface area (Å²) in [4.78, 5) is 6.73. The Labute approximate surface area is 118 Å². The summed E-state index contributed by atoms with van der Waals surface area (Å²) in [7, 11) is 0. The van der Waals surface area contributed by atoms with E-state index in [-0.39, 0.29) is 0 Å². The molecule has 1 unspecified atom stereocenters. The smallest absolute Gasteiger partial charge is 0.0785 e. The molecule has 3 heterocycles. The van der Waals surface area contributed by atoms with Crippen molar-refractivity contribution >= 4 is 11.6 Å². The van der Waals surface area contributed by atoms with E-state index in [9.17, 15) is 0 Å². The molecule has 1 fully saturated rings. The van der Waals surface area contributed by atoms with Crippen LogP contribution in [0.15, 0.2) is 36.9 Å². The molecule has 0 amide bonds. The first-order chi connectivity index (χ1) is 9.33. The molecule has 0 radical (unpaired) electrons. The first-order valence-electron chi connectivity index (χ1n) is 6.65. The number of aromatic nitrogens is 3. The van der Waals surface area contributed by atoms with E-state index in [0.29, 0.717) is 11.1 Å². The van der Waals surface area contributed by atoms with Gasteiger partial charge in [-0.25, -0.2) is 0 Å². The van der Waals surface area contributed by atoms with Gasteiger partial charge in [0.05, 0.1) is 17.8 Å². The van der Waals surface area contributed by atoms with E-state index in [2.05, 4.69) is 21.0 Å². The van der Waals surface area contributed by atoms with Crippen molar-refractivity contribution in [2.24, 2.45) is 0 Å². The lowest BCUT2D eigenvalue weighted by Crippen LogP contribution is -2.27. The SMILES string of the molecule is Clc1cnn(CCN2CCCC2c2cccnc2)c1. The van der Waals surface area contributed by atoms with Crippen LogP contribution in [-0.4, -0.2) is 32.8 Å². The van der Waals surface area contributed by atoms with Crippen LogP contribution in [0.2, 0.25) is 5.02 Å². The maximum Gasteiger partial charge on any atom is 0.0785 e. The summed E-state index contributed by atoms with van der Waals surface area (Å²) in [5, 5.41) is 4.92. The molecule has 2 aromatic heterocycles. The molecule has 19 heavy (non-hydrogen) atoms. The minimum atomic E-state index is 0.500. The monoisotopic (exact) mass is 276 g/mol. The second-order valence-corrected chi connectivity index (χ2v) is 5.34. The lowest BCUT2D eigenvalue weighted by Gasteiger charge is -2.24. The summed E-state index contributed by atoms with van der Waals surface area (Å²) < 4.78 is 1.90. The van der Waals surface area contributed by atoms with E-state index in [1.165, 1.54) is 18.4 Å². The zero-order valence-electron chi connectivity index (χ0n) is 10.7. The maximum absolute atomic E-state index is 5.88. The van der Waals surface area contributed by atoms with Crippen LogP contribution in [0.25, 0.3) is 0 Å². The third-order valence-corrected chi connectivity index (χ3v) is 3.85. The van der Waals surface area contributed by atoms with Crippen LogP contribution in [0.4, 0.5) is 0 Å². The molecule has 1 atom stereocenters. The standard InChI is InChI=1S/C14H17ClN4/c15-13-10-17-19(11-13)8-7-18-6-2-4-14(18)12-3-1-5-16-9-12/h1,3,5,9-11,14H,2,4,6-8H2. The van der Waals surface area contributed by atoms with E-state index < -0.39 is 0 Å². The van der Waals surface area contributed by atoms with E-state index >= 15 is 0 Å². The van der Waals surface area contributed by atoms with Gasteiger partial charge in [0.25, 0.3) is 0 Å². The van der Waals surface area contributed by atoms with Crippen LogP contribution in [0.1, 0.15) is 24.4 Å². The van der Waals surface area contributed by atoms with Gasteiger partial charge < -0.3 is 0 Å². The van der Waals surface area contributed by atoms with E-state index in [4.69, 9.17) is 11.6 Å². The fraction of sp³-hybridized carbons (Fsp3) is 0.429. The van der Waals surface area contributed by atoms with E-state index in [1.807, 2.05) is 29.3 Å². The molecule has 5 heteroatoms. The van der Waals surface area contributed by atoms with Crippen molar-refractivity contribution in [1.82, 2.24) is 19.7 Å². The summed E-state index contributed by atoms with van der Waals surface area (Å²) in [6.45, 7) is 3.02. The normalized spacial score (nSPS) is 19.9. The van der Waals surface area contributed by atoms with E-state index in [0.717, 1.165) is 19.6 Å². The number of nitrogens with zero attached hydrogens (tertiary/aromatic N) is 4. The third kappa shape index (κ3) is 2.96. The molecular formula is C14H17ClN4. The lowest BCUT2D eigenvalue weighted by atomic mass is 10.1. The van der Waals surface area contributed by atoms with Gasteiger partial charge in [-0.05, 0) is 31.0 Å². The highest BCUT2D eigenvalue weighted by molar-refractivity contribution is 6.30. The first-order valence-corrected chi connectivity index (χ1v) is 7.02. The van der Waals surface area contributed by atoms with Crippen LogP contribution in [0, 0.1) is 0 Å². The molecule has 2 aromatic rings. The number of likely N-dealkylation sites (tertiary alicyclic amines) is 1. The Morgan fingerprint density at radius 1 is 1.32 bits per heavy atom. The Bertz CT molecular complexity index is 525. The second-order valence-electron chi connectivity index (χ2n) is 4.90. The summed E-state index contributed by atoms with van der Waals surface area (Å²) in [5.74, 6) is 0. The van der Waals surface area contributed by atoms with Crippen LogP contribution < -0.4 is 0 Å². The number of hydrogen-bond donors (Lipinski definition) is 0. The number of halogens is 1. The van der Waals surface area contributed by atoms with Gasteiger partial charge in [-0.15, -0.1) is 0 Å². The fourth-order valence-corrected chi connectivity index (χ4v) is 2.89. The third-order valence-electron chi connectivity index (χ3n) is 3.65. The molecule has 1 aliphatic heterocycles. The second kappa shape index (κ2) is 5.72. The highest BCUT2D eigenvalue weighted by Crippen LogP contribution is 2.30. The molecule has 0 aromatic carbocycles. The quantitative estimate of drug-likeness (QED) is 0.861. The largest absolute Gasteiger partial charge is 0.294 e. The molecule has 0 N–H and O–H groups in total. The van der Waals surface area contributed by atoms with Crippen LogP contribution in [-0.2, 0) is 6.54 Å². The molecule has 4 nitrogen and oxygen atoms in total. The Balaban J connectivity index is 1.64. The van der Waals surface area contributed by atoms with Gasteiger partial charge in [-0.1, -0.05) is 17.7 Å². The van der Waals surface area contributed by atoms with Crippen LogP contribution in [0.3, 0.4) is 0 Å². The number of pyridine rings is 1. The molecule has 0 aliphatic carbocycles. The zero-order chi connectivity index (χ0) is 13.1. The Morgan fingerprint density at radius 3 is 3.00 bits per heavy atom. The van der Waals surface area contributed by atoms with Gasteiger partial charge in [-0.3, -0.25) is 14.6 Å². The maximum atomic E-state index is 5.88. The van der Waals surface area contributed by atoms with Crippen molar-refractivity contribution in [3.05, 3.63) is 47.5 Å². The van der Waals surface area contributed by atoms with Gasteiger partial charge in [0.1, 0.15) is 0 Å². The topological polar surface area (TPSA) is 34.0 Å². The molecule has 100 valence electrons. The Morgan fingerprint density at radius 2 is 2.26 bits per heavy atom. The summed E-state index contributed by atoms with van der Waals surface area (Å²) in [6, 6.07) is 4.68.